The Morgan fingerprint density at radius 2 is 1.59 bits per heavy atom. The van der Waals surface area contributed by atoms with Gasteiger partial charge in [0.2, 0.25) is 0 Å². The smallest absolute Gasteiger partial charge is 0.318 e. The number of amides is 2. The van der Waals surface area contributed by atoms with Crippen molar-refractivity contribution in [2.75, 3.05) is 25.0 Å². The Morgan fingerprint density at radius 1 is 1.00 bits per heavy atom. The SMILES string of the molecule is CCN(CC)CCCC(C)N(Cc1ccc(C(C)(C)C)cc1)C(=O)Nc1ccc(Cl)cc1. The molecule has 32 heavy (non-hydrogen) atoms. The number of nitrogens with zero attached hydrogens (tertiary/aromatic N) is 2. The van der Waals surface area contributed by atoms with Gasteiger partial charge in [0.25, 0.3) is 0 Å². The van der Waals surface area contributed by atoms with E-state index in [1.807, 2.05) is 17.0 Å². The molecule has 5 heteroatoms. The number of anilines is 1. The van der Waals surface area contributed by atoms with Crippen LogP contribution in [0.4, 0.5) is 10.5 Å². The predicted molar refractivity (Wildman–Crippen MR) is 138 cm³/mol. The van der Waals surface area contributed by atoms with Crippen LogP contribution in [0.1, 0.15) is 65.5 Å². The molecule has 176 valence electrons. The topological polar surface area (TPSA) is 35.6 Å². The molecule has 4 nitrogen and oxygen atoms in total. The maximum Gasteiger partial charge on any atom is 0.322 e. The van der Waals surface area contributed by atoms with Gasteiger partial charge in [0.05, 0.1) is 0 Å². The van der Waals surface area contributed by atoms with E-state index in [-0.39, 0.29) is 17.5 Å². The molecule has 0 saturated heterocycles. The molecule has 0 radical (unpaired) electrons. The minimum Gasteiger partial charge on any atom is -0.318 e. The fraction of sp³-hybridized carbons (Fsp3) is 0.519. The van der Waals surface area contributed by atoms with E-state index in [0.717, 1.165) is 43.7 Å². The Morgan fingerprint density at radius 3 is 2.12 bits per heavy atom. The fourth-order valence-corrected chi connectivity index (χ4v) is 3.90. The molecule has 0 aliphatic rings. The molecule has 1 unspecified atom stereocenters. The third kappa shape index (κ3) is 8.14. The summed E-state index contributed by atoms with van der Waals surface area (Å²) in [5, 5.41) is 3.70. The Kier molecular flexibility index (Phi) is 10.0. The van der Waals surface area contributed by atoms with Gasteiger partial charge in [-0.1, -0.05) is 70.5 Å². The number of nitrogens with one attached hydrogen (secondary N) is 1. The maximum absolute atomic E-state index is 13.3. The van der Waals surface area contributed by atoms with Gasteiger partial charge in [-0.05, 0) is 80.2 Å². The van der Waals surface area contributed by atoms with E-state index in [9.17, 15) is 4.79 Å². The highest BCUT2D eigenvalue weighted by Crippen LogP contribution is 2.23. The van der Waals surface area contributed by atoms with E-state index in [4.69, 9.17) is 11.6 Å². The van der Waals surface area contributed by atoms with Crippen molar-refractivity contribution in [1.82, 2.24) is 9.80 Å². The quantitative estimate of drug-likeness (QED) is 0.410. The van der Waals surface area contributed by atoms with E-state index in [0.29, 0.717) is 11.6 Å². The largest absolute Gasteiger partial charge is 0.322 e. The second-order valence-corrected chi connectivity index (χ2v) is 9.97. The van der Waals surface area contributed by atoms with Gasteiger partial charge in [-0.2, -0.15) is 0 Å². The molecule has 2 aromatic carbocycles. The third-order valence-corrected chi connectivity index (χ3v) is 6.30. The highest BCUT2D eigenvalue weighted by atomic mass is 35.5. The van der Waals surface area contributed by atoms with Crippen LogP contribution in [0.5, 0.6) is 0 Å². The summed E-state index contributed by atoms with van der Waals surface area (Å²) in [5.41, 5.74) is 3.30. The number of benzene rings is 2. The lowest BCUT2D eigenvalue weighted by Gasteiger charge is -2.30. The first-order valence-corrected chi connectivity index (χ1v) is 12.2. The molecule has 0 bridgehead atoms. The summed E-state index contributed by atoms with van der Waals surface area (Å²) in [6, 6.07) is 15.9. The van der Waals surface area contributed by atoms with Crippen LogP contribution in [-0.4, -0.2) is 41.5 Å². The molecular weight excluding hydrogens is 418 g/mol. The predicted octanol–water partition coefficient (Wildman–Crippen LogP) is 7.18. The van der Waals surface area contributed by atoms with E-state index in [1.54, 1.807) is 12.1 Å². The summed E-state index contributed by atoms with van der Waals surface area (Å²) >= 11 is 5.99. The first kappa shape index (κ1) is 26.2. The highest BCUT2D eigenvalue weighted by molar-refractivity contribution is 6.30. The lowest BCUT2D eigenvalue weighted by Crippen LogP contribution is -2.41. The number of carbonyl (C=O) groups is 1. The van der Waals surface area contributed by atoms with Crippen LogP contribution in [0.3, 0.4) is 0 Å². The molecule has 0 aliphatic heterocycles. The molecule has 0 fully saturated rings. The van der Waals surface area contributed by atoms with Crippen molar-refractivity contribution >= 4 is 23.3 Å². The van der Waals surface area contributed by atoms with Crippen molar-refractivity contribution in [3.05, 3.63) is 64.7 Å². The normalized spacial score (nSPS) is 12.6. The van der Waals surface area contributed by atoms with Crippen molar-refractivity contribution in [1.29, 1.82) is 0 Å². The zero-order chi connectivity index (χ0) is 23.7. The number of hydrogen-bond donors (Lipinski definition) is 1. The zero-order valence-corrected chi connectivity index (χ0v) is 21.4. The van der Waals surface area contributed by atoms with Crippen molar-refractivity contribution in [3.8, 4) is 0 Å². The number of hydrogen-bond acceptors (Lipinski definition) is 2. The number of rotatable bonds is 10. The van der Waals surface area contributed by atoms with Crippen molar-refractivity contribution in [3.63, 3.8) is 0 Å². The summed E-state index contributed by atoms with van der Waals surface area (Å²) < 4.78 is 0. The fourth-order valence-electron chi connectivity index (χ4n) is 3.77. The second-order valence-electron chi connectivity index (χ2n) is 9.53. The van der Waals surface area contributed by atoms with Gasteiger partial charge in [-0.3, -0.25) is 0 Å². The van der Waals surface area contributed by atoms with Crippen LogP contribution >= 0.6 is 11.6 Å². The van der Waals surface area contributed by atoms with Gasteiger partial charge in [0.1, 0.15) is 0 Å². The summed E-state index contributed by atoms with van der Waals surface area (Å²) in [4.78, 5) is 17.6. The molecule has 0 aliphatic carbocycles. The molecule has 2 rings (SSSR count). The van der Waals surface area contributed by atoms with Crippen molar-refractivity contribution in [2.45, 2.75) is 72.4 Å². The number of carbonyl (C=O) groups excluding carboxylic acids is 1. The van der Waals surface area contributed by atoms with Gasteiger partial charge < -0.3 is 15.1 Å². The molecule has 2 aromatic rings. The summed E-state index contributed by atoms with van der Waals surface area (Å²) in [7, 11) is 0. The van der Waals surface area contributed by atoms with Gasteiger partial charge in [-0.15, -0.1) is 0 Å². The molecule has 0 saturated carbocycles. The van der Waals surface area contributed by atoms with E-state index >= 15 is 0 Å². The first-order valence-electron chi connectivity index (χ1n) is 11.8. The highest BCUT2D eigenvalue weighted by Gasteiger charge is 2.21. The molecule has 0 heterocycles. The molecular formula is C27H40ClN3O. The van der Waals surface area contributed by atoms with Gasteiger partial charge in [0, 0.05) is 23.3 Å². The van der Waals surface area contributed by atoms with Gasteiger partial charge in [-0.25, -0.2) is 4.79 Å². The third-order valence-electron chi connectivity index (χ3n) is 6.05. The number of halogens is 1. The van der Waals surface area contributed by atoms with Crippen molar-refractivity contribution in [2.24, 2.45) is 0 Å². The molecule has 1 N–H and O–H groups in total. The lowest BCUT2D eigenvalue weighted by molar-refractivity contribution is 0.181. The minimum absolute atomic E-state index is 0.0810. The van der Waals surface area contributed by atoms with Gasteiger partial charge in [0.15, 0.2) is 0 Å². The van der Waals surface area contributed by atoms with E-state index in [2.05, 4.69) is 76.0 Å². The Labute approximate surface area is 199 Å². The van der Waals surface area contributed by atoms with Gasteiger partial charge >= 0.3 is 6.03 Å². The van der Waals surface area contributed by atoms with Crippen molar-refractivity contribution < 1.29 is 4.79 Å². The summed E-state index contributed by atoms with van der Waals surface area (Å²) in [5.74, 6) is 0. The lowest BCUT2D eigenvalue weighted by atomic mass is 9.87. The Balaban J connectivity index is 2.13. The van der Waals surface area contributed by atoms with E-state index in [1.165, 1.54) is 5.56 Å². The molecule has 2 amide bonds. The Bertz CT molecular complexity index is 823. The standard InChI is InChI=1S/C27H40ClN3O/c1-7-30(8-2)19-9-10-21(3)31(26(32)29-25-17-15-24(28)16-18-25)20-22-11-13-23(14-12-22)27(4,5)6/h11-18,21H,7-10,19-20H2,1-6H3,(H,29,32). The van der Waals surface area contributed by atoms with Crippen LogP contribution in [0.25, 0.3) is 0 Å². The number of urea groups is 1. The zero-order valence-electron chi connectivity index (χ0n) is 20.6. The molecule has 0 aromatic heterocycles. The van der Waals surface area contributed by atoms with Crippen LogP contribution in [-0.2, 0) is 12.0 Å². The van der Waals surface area contributed by atoms with Crippen LogP contribution in [0.2, 0.25) is 5.02 Å². The van der Waals surface area contributed by atoms with Crippen LogP contribution in [0, 0.1) is 0 Å². The van der Waals surface area contributed by atoms with Crippen LogP contribution < -0.4 is 5.32 Å². The molecule has 1 atom stereocenters. The van der Waals surface area contributed by atoms with Crippen LogP contribution in [0.15, 0.2) is 48.5 Å². The summed E-state index contributed by atoms with van der Waals surface area (Å²) in [6.45, 7) is 16.9. The second kappa shape index (κ2) is 12.3. The maximum atomic E-state index is 13.3. The first-order chi connectivity index (χ1) is 15.1. The Hall–Kier alpha value is -2.04. The molecule has 0 spiro atoms. The van der Waals surface area contributed by atoms with E-state index < -0.39 is 0 Å². The summed E-state index contributed by atoms with van der Waals surface area (Å²) in [6.07, 6.45) is 2.03. The average molecular weight is 458 g/mol. The average Bonchev–Trinajstić information content (AvgIpc) is 2.76. The minimum atomic E-state index is -0.0810. The monoisotopic (exact) mass is 457 g/mol.